The second kappa shape index (κ2) is 7.82. The highest BCUT2D eigenvalue weighted by molar-refractivity contribution is 5.71. The van der Waals surface area contributed by atoms with Crippen LogP contribution in [-0.2, 0) is 11.2 Å². The molecule has 27 heavy (non-hydrogen) atoms. The summed E-state index contributed by atoms with van der Waals surface area (Å²) < 4.78 is 6.02. The molecule has 2 aliphatic heterocycles. The fraction of sp³-hybridized carbons (Fsp3) is 0.524. The average molecular weight is 368 g/mol. The Morgan fingerprint density at radius 1 is 1.15 bits per heavy atom. The van der Waals surface area contributed by atoms with E-state index in [0.29, 0.717) is 6.04 Å². The fourth-order valence-corrected chi connectivity index (χ4v) is 4.30. The molecular formula is C21H28N4O2. The zero-order chi connectivity index (χ0) is 18.8. The van der Waals surface area contributed by atoms with Gasteiger partial charge in [0.15, 0.2) is 5.82 Å². The molecular weight excluding hydrogens is 340 g/mol. The molecule has 0 unspecified atom stereocenters. The molecule has 6 nitrogen and oxygen atoms in total. The van der Waals surface area contributed by atoms with Crippen LogP contribution < -0.4 is 4.90 Å². The predicted molar refractivity (Wildman–Crippen MR) is 106 cm³/mol. The number of aromatic hydroxyl groups is 1. The molecule has 2 fully saturated rings. The van der Waals surface area contributed by atoms with Gasteiger partial charge in [-0.3, -0.25) is 0 Å². The van der Waals surface area contributed by atoms with Crippen molar-refractivity contribution < 1.29 is 9.84 Å². The first-order valence-corrected chi connectivity index (χ1v) is 9.96. The Labute approximate surface area is 160 Å². The van der Waals surface area contributed by atoms with Crippen LogP contribution in [0.5, 0.6) is 5.75 Å². The van der Waals surface area contributed by atoms with E-state index in [4.69, 9.17) is 4.74 Å². The molecule has 0 aliphatic carbocycles. The molecule has 144 valence electrons. The lowest BCUT2D eigenvalue weighted by molar-refractivity contribution is -0.0282. The van der Waals surface area contributed by atoms with Crippen LogP contribution in [0.25, 0.3) is 11.3 Å². The smallest absolute Gasteiger partial charge is 0.151 e. The number of benzene rings is 1. The van der Waals surface area contributed by atoms with Crippen molar-refractivity contribution in [1.29, 1.82) is 0 Å². The molecule has 1 aromatic carbocycles. The topological polar surface area (TPSA) is 61.7 Å². The van der Waals surface area contributed by atoms with Crippen molar-refractivity contribution in [2.75, 3.05) is 37.7 Å². The van der Waals surface area contributed by atoms with Crippen molar-refractivity contribution in [3.63, 3.8) is 0 Å². The molecule has 2 aliphatic rings. The van der Waals surface area contributed by atoms with Gasteiger partial charge < -0.3 is 19.6 Å². The van der Waals surface area contributed by atoms with Gasteiger partial charge in [-0.15, -0.1) is 10.2 Å². The summed E-state index contributed by atoms with van der Waals surface area (Å²) >= 11 is 0. The van der Waals surface area contributed by atoms with Crippen LogP contribution in [-0.4, -0.2) is 65.1 Å². The van der Waals surface area contributed by atoms with Gasteiger partial charge >= 0.3 is 0 Å². The molecule has 1 N–H and O–H groups in total. The Kier molecular flexibility index (Phi) is 5.27. The number of aryl methyl sites for hydroxylation is 1. The van der Waals surface area contributed by atoms with E-state index in [-0.39, 0.29) is 11.9 Å². The number of phenolic OH excluding ortho intramolecular Hbond substituents is 1. The van der Waals surface area contributed by atoms with E-state index in [1.54, 1.807) is 6.07 Å². The Balaban J connectivity index is 1.60. The molecule has 3 heterocycles. The Morgan fingerprint density at radius 2 is 2.04 bits per heavy atom. The van der Waals surface area contributed by atoms with E-state index < -0.39 is 0 Å². The number of aromatic nitrogens is 2. The lowest BCUT2D eigenvalue weighted by atomic mass is 9.98. The molecule has 1 aromatic heterocycles. The van der Waals surface area contributed by atoms with Crippen LogP contribution in [0.2, 0.25) is 0 Å². The molecule has 6 heteroatoms. The number of rotatable bonds is 4. The zero-order valence-corrected chi connectivity index (χ0v) is 16.1. The number of phenols is 1. The van der Waals surface area contributed by atoms with E-state index >= 15 is 0 Å². The van der Waals surface area contributed by atoms with Crippen LogP contribution in [0.15, 0.2) is 30.3 Å². The van der Waals surface area contributed by atoms with Crippen molar-refractivity contribution in [2.45, 2.75) is 38.8 Å². The van der Waals surface area contributed by atoms with Gasteiger partial charge in [0.2, 0.25) is 0 Å². The number of hydrogen-bond donors (Lipinski definition) is 1. The van der Waals surface area contributed by atoms with Gasteiger partial charge in [0, 0.05) is 25.2 Å². The first-order chi connectivity index (χ1) is 13.2. The maximum absolute atomic E-state index is 10.3. The third-order valence-electron chi connectivity index (χ3n) is 5.83. The minimum Gasteiger partial charge on any atom is -0.507 e. The average Bonchev–Trinajstić information content (AvgIpc) is 2.73. The molecule has 0 bridgehead atoms. The maximum atomic E-state index is 10.3. The van der Waals surface area contributed by atoms with Crippen LogP contribution in [0.1, 0.15) is 25.8 Å². The molecule has 0 spiro atoms. The molecule has 4 rings (SSSR count). The standard InChI is InChI=1S/C21H28N4O2/c1-3-15-6-5-7-18(26)21(15)16-8-9-20(23-22-16)25-12-13-27-19-10-11-24(4-2)14-17(19)25/h5-9,17,19,26H,3-4,10-14H2,1-2H3/t17-,19+/m0/s1. The van der Waals surface area contributed by atoms with E-state index in [9.17, 15) is 5.11 Å². The largest absolute Gasteiger partial charge is 0.507 e. The normalized spacial score (nSPS) is 23.3. The fourth-order valence-electron chi connectivity index (χ4n) is 4.30. The number of morpholine rings is 1. The SMILES string of the molecule is CCc1cccc(O)c1-c1ccc(N2CCO[C@@H]3CCN(CC)C[C@@H]32)nn1. The third kappa shape index (κ3) is 3.51. The number of piperidine rings is 1. The van der Waals surface area contributed by atoms with Crippen molar-refractivity contribution in [1.82, 2.24) is 15.1 Å². The van der Waals surface area contributed by atoms with E-state index in [0.717, 1.165) is 68.3 Å². The van der Waals surface area contributed by atoms with Crippen LogP contribution >= 0.6 is 0 Å². The van der Waals surface area contributed by atoms with Crippen molar-refractivity contribution >= 4 is 5.82 Å². The second-order valence-electron chi connectivity index (χ2n) is 7.29. The monoisotopic (exact) mass is 368 g/mol. The molecule has 0 radical (unpaired) electrons. The number of fused-ring (bicyclic) bond motifs is 1. The zero-order valence-electron chi connectivity index (χ0n) is 16.1. The summed E-state index contributed by atoms with van der Waals surface area (Å²) in [4.78, 5) is 4.82. The first-order valence-electron chi connectivity index (χ1n) is 9.96. The highest BCUT2D eigenvalue weighted by Gasteiger charge is 2.37. The molecule has 2 aromatic rings. The summed E-state index contributed by atoms with van der Waals surface area (Å²) in [5.41, 5.74) is 2.58. The maximum Gasteiger partial charge on any atom is 0.151 e. The van der Waals surface area contributed by atoms with Gasteiger partial charge in [-0.25, -0.2) is 0 Å². The number of nitrogens with zero attached hydrogens (tertiary/aromatic N) is 4. The Bertz CT molecular complexity index is 780. The Hall–Kier alpha value is -2.18. The van der Waals surface area contributed by atoms with Gasteiger partial charge in [-0.05, 0) is 43.1 Å². The highest BCUT2D eigenvalue weighted by Crippen LogP contribution is 2.33. The van der Waals surface area contributed by atoms with E-state index in [2.05, 4.69) is 33.8 Å². The summed E-state index contributed by atoms with van der Waals surface area (Å²) in [6.07, 6.45) is 2.18. The van der Waals surface area contributed by atoms with Gasteiger partial charge in [-0.2, -0.15) is 0 Å². The minimum absolute atomic E-state index is 0.258. The molecule has 2 saturated heterocycles. The number of anilines is 1. The van der Waals surface area contributed by atoms with Crippen LogP contribution in [0.4, 0.5) is 5.82 Å². The quantitative estimate of drug-likeness (QED) is 0.895. The molecule has 0 saturated carbocycles. The number of likely N-dealkylation sites (N-methyl/N-ethyl adjacent to an activating group) is 1. The number of ether oxygens (including phenoxy) is 1. The summed E-state index contributed by atoms with van der Waals surface area (Å²) in [6.45, 7) is 9.03. The number of likely N-dealkylation sites (tertiary alicyclic amines) is 1. The first kappa shape index (κ1) is 18.2. The lowest BCUT2D eigenvalue weighted by Crippen LogP contribution is -2.60. The van der Waals surface area contributed by atoms with Crippen LogP contribution in [0.3, 0.4) is 0 Å². The summed E-state index contributed by atoms with van der Waals surface area (Å²) in [6, 6.07) is 9.93. The summed E-state index contributed by atoms with van der Waals surface area (Å²) in [5.74, 6) is 1.15. The van der Waals surface area contributed by atoms with Crippen molar-refractivity contribution in [3.8, 4) is 17.0 Å². The second-order valence-corrected chi connectivity index (χ2v) is 7.29. The van der Waals surface area contributed by atoms with Gasteiger partial charge in [0.25, 0.3) is 0 Å². The predicted octanol–water partition coefficient (Wildman–Crippen LogP) is 2.71. The minimum atomic E-state index is 0.258. The Morgan fingerprint density at radius 3 is 2.78 bits per heavy atom. The summed E-state index contributed by atoms with van der Waals surface area (Å²) in [7, 11) is 0. The molecule has 0 amide bonds. The van der Waals surface area contributed by atoms with Crippen LogP contribution in [0, 0.1) is 0 Å². The summed E-state index contributed by atoms with van der Waals surface area (Å²) in [5, 5.41) is 19.3. The van der Waals surface area contributed by atoms with Crippen molar-refractivity contribution in [3.05, 3.63) is 35.9 Å². The number of hydrogen-bond acceptors (Lipinski definition) is 6. The third-order valence-corrected chi connectivity index (χ3v) is 5.83. The van der Waals surface area contributed by atoms with E-state index in [1.807, 2.05) is 24.3 Å². The van der Waals surface area contributed by atoms with Gasteiger partial charge in [0.1, 0.15) is 5.75 Å². The lowest BCUT2D eigenvalue weighted by Gasteiger charge is -2.47. The highest BCUT2D eigenvalue weighted by atomic mass is 16.5. The molecule has 2 atom stereocenters. The van der Waals surface area contributed by atoms with E-state index in [1.165, 1.54) is 0 Å². The van der Waals surface area contributed by atoms with Gasteiger partial charge in [0.05, 0.1) is 24.4 Å². The van der Waals surface area contributed by atoms with Gasteiger partial charge in [-0.1, -0.05) is 26.0 Å². The van der Waals surface area contributed by atoms with Crippen molar-refractivity contribution in [2.24, 2.45) is 0 Å².